The number of amides is 1. The quantitative estimate of drug-likeness (QED) is 0.320. The van der Waals surface area contributed by atoms with Crippen molar-refractivity contribution in [2.75, 3.05) is 4.90 Å². The van der Waals surface area contributed by atoms with Gasteiger partial charge in [0.2, 0.25) is 5.78 Å². The second kappa shape index (κ2) is 7.22. The molecule has 0 atom stereocenters. The number of carbonyl (C=O) groups is 3. The van der Waals surface area contributed by atoms with Crippen molar-refractivity contribution in [2.45, 2.75) is 13.1 Å². The van der Waals surface area contributed by atoms with E-state index in [1.807, 2.05) is 24.3 Å². The zero-order valence-corrected chi connectivity index (χ0v) is 17.7. The Labute approximate surface area is 182 Å². The minimum absolute atomic E-state index is 0.0121. The van der Waals surface area contributed by atoms with Crippen LogP contribution in [0.25, 0.3) is 10.2 Å². The van der Waals surface area contributed by atoms with Gasteiger partial charge >= 0.3 is 0 Å². The van der Waals surface area contributed by atoms with Crippen LogP contribution in [-0.2, 0) is 17.9 Å². The minimum Gasteiger partial charge on any atom is -0.299 e. The second-order valence-electron chi connectivity index (χ2n) is 6.67. The molecule has 1 aliphatic heterocycles. The maximum Gasteiger partial charge on any atom is 0.299 e. The van der Waals surface area contributed by atoms with E-state index in [0.717, 1.165) is 10.2 Å². The number of hydrogen-bond acceptors (Lipinski definition) is 7. The molecular formula is C20H12BrN5O3S. The summed E-state index contributed by atoms with van der Waals surface area (Å²) < 4.78 is 2.93. The van der Waals surface area contributed by atoms with Gasteiger partial charge in [-0.2, -0.15) is 0 Å². The first-order valence-corrected chi connectivity index (χ1v) is 10.5. The lowest BCUT2D eigenvalue weighted by atomic mass is 10.1. The van der Waals surface area contributed by atoms with Crippen LogP contribution in [0, 0.1) is 0 Å². The van der Waals surface area contributed by atoms with Crippen molar-refractivity contribution >= 4 is 60.6 Å². The molecule has 148 valence electrons. The summed E-state index contributed by atoms with van der Waals surface area (Å²) in [7, 11) is 0. The third-order valence-electron chi connectivity index (χ3n) is 4.69. The molecule has 10 heteroatoms. The summed E-state index contributed by atoms with van der Waals surface area (Å²) in [5.74, 6) is -1.35. The average Bonchev–Trinajstić information content (AvgIpc) is 3.42. The van der Waals surface area contributed by atoms with E-state index in [-0.39, 0.29) is 18.9 Å². The number of halogens is 1. The number of ketones is 2. The number of thiazole rings is 1. The number of benzene rings is 2. The Morgan fingerprint density at radius 1 is 1.10 bits per heavy atom. The zero-order chi connectivity index (χ0) is 20.8. The van der Waals surface area contributed by atoms with Gasteiger partial charge in [0.1, 0.15) is 12.2 Å². The minimum atomic E-state index is -0.614. The van der Waals surface area contributed by atoms with Gasteiger partial charge in [0.25, 0.3) is 11.7 Å². The van der Waals surface area contributed by atoms with Gasteiger partial charge in [-0.1, -0.05) is 23.4 Å². The predicted octanol–water partition coefficient (Wildman–Crippen LogP) is 3.26. The Morgan fingerprint density at radius 3 is 2.77 bits per heavy atom. The molecule has 2 aromatic heterocycles. The lowest BCUT2D eigenvalue weighted by molar-refractivity contribution is -0.114. The van der Waals surface area contributed by atoms with E-state index in [0.29, 0.717) is 26.4 Å². The zero-order valence-electron chi connectivity index (χ0n) is 15.3. The van der Waals surface area contributed by atoms with Gasteiger partial charge in [-0.25, -0.2) is 9.67 Å². The molecule has 0 radical (unpaired) electrons. The number of hydrogen-bond donors (Lipinski definition) is 0. The van der Waals surface area contributed by atoms with Crippen LogP contribution in [0.15, 0.2) is 53.1 Å². The molecule has 3 heterocycles. The lowest BCUT2D eigenvalue weighted by Crippen LogP contribution is -2.29. The molecule has 0 bridgehead atoms. The number of rotatable bonds is 5. The smallest absolute Gasteiger partial charge is 0.299 e. The van der Waals surface area contributed by atoms with Crippen molar-refractivity contribution in [3.05, 3.63) is 69.4 Å². The standard InChI is InChI=1S/C20H12BrN5O3S/c21-12-4-3-6-14-17(12)18(28)20(29)26(14)9-11-8-25(24-23-11)10-15(27)19-22-13-5-1-2-7-16(13)30-19/h1-8H,9-10H2. The number of Topliss-reactive ketones (excluding diaryl/α,β-unsaturated/α-hetero) is 2. The predicted molar refractivity (Wildman–Crippen MR) is 114 cm³/mol. The van der Waals surface area contributed by atoms with E-state index < -0.39 is 11.7 Å². The molecule has 0 saturated heterocycles. The number of fused-ring (bicyclic) bond motifs is 2. The van der Waals surface area contributed by atoms with Gasteiger partial charge in [0.15, 0.2) is 5.01 Å². The SMILES string of the molecule is O=C(Cn1cc(CN2C(=O)C(=O)c3c(Br)cccc32)nn1)c1nc2ccccc2s1. The molecule has 0 N–H and O–H groups in total. The van der Waals surface area contributed by atoms with E-state index in [1.54, 1.807) is 24.4 Å². The number of para-hydroxylation sites is 1. The Balaban J connectivity index is 1.34. The summed E-state index contributed by atoms with van der Waals surface area (Å²) in [6.07, 6.45) is 1.60. The van der Waals surface area contributed by atoms with E-state index in [1.165, 1.54) is 20.9 Å². The molecule has 5 rings (SSSR count). The van der Waals surface area contributed by atoms with Gasteiger partial charge < -0.3 is 0 Å². The fourth-order valence-corrected chi connectivity index (χ4v) is 4.75. The van der Waals surface area contributed by atoms with Crippen molar-refractivity contribution in [3.8, 4) is 0 Å². The normalized spacial score (nSPS) is 13.3. The monoisotopic (exact) mass is 481 g/mol. The molecule has 0 saturated carbocycles. The average molecular weight is 482 g/mol. The fourth-order valence-electron chi connectivity index (χ4n) is 3.31. The van der Waals surface area contributed by atoms with E-state index >= 15 is 0 Å². The first kappa shape index (κ1) is 18.8. The van der Waals surface area contributed by atoms with Gasteiger partial charge in [-0.05, 0) is 40.2 Å². The number of anilines is 1. The van der Waals surface area contributed by atoms with Crippen molar-refractivity contribution in [2.24, 2.45) is 0 Å². The summed E-state index contributed by atoms with van der Waals surface area (Å²) in [4.78, 5) is 43.0. The lowest BCUT2D eigenvalue weighted by Gasteiger charge is -2.14. The maximum atomic E-state index is 12.6. The first-order valence-electron chi connectivity index (χ1n) is 8.94. The van der Waals surface area contributed by atoms with E-state index in [9.17, 15) is 14.4 Å². The summed E-state index contributed by atoms with van der Waals surface area (Å²) in [5.41, 5.74) is 2.13. The van der Waals surface area contributed by atoms with Crippen LogP contribution < -0.4 is 4.90 Å². The van der Waals surface area contributed by atoms with Crippen molar-refractivity contribution < 1.29 is 14.4 Å². The maximum absolute atomic E-state index is 12.6. The van der Waals surface area contributed by atoms with Gasteiger partial charge in [-0.3, -0.25) is 19.3 Å². The fraction of sp³-hybridized carbons (Fsp3) is 0.100. The van der Waals surface area contributed by atoms with Crippen molar-refractivity contribution in [1.29, 1.82) is 0 Å². The van der Waals surface area contributed by atoms with Gasteiger partial charge in [0, 0.05) is 4.47 Å². The Bertz CT molecular complexity index is 1310. The Hall–Kier alpha value is -3.24. The van der Waals surface area contributed by atoms with Crippen LogP contribution in [0.2, 0.25) is 0 Å². The summed E-state index contributed by atoms with van der Waals surface area (Å²) in [6, 6.07) is 12.7. The summed E-state index contributed by atoms with van der Waals surface area (Å²) in [6.45, 7) is 0.0746. The molecule has 1 amide bonds. The molecule has 0 unspecified atom stereocenters. The van der Waals surface area contributed by atoms with E-state index in [4.69, 9.17) is 0 Å². The first-order chi connectivity index (χ1) is 14.5. The number of aromatic nitrogens is 4. The summed E-state index contributed by atoms with van der Waals surface area (Å²) >= 11 is 4.65. The second-order valence-corrected chi connectivity index (χ2v) is 8.56. The van der Waals surface area contributed by atoms with Crippen LogP contribution in [0.5, 0.6) is 0 Å². The van der Waals surface area contributed by atoms with Gasteiger partial charge in [-0.15, -0.1) is 16.4 Å². The van der Waals surface area contributed by atoms with E-state index in [2.05, 4.69) is 31.2 Å². The van der Waals surface area contributed by atoms with Gasteiger partial charge in [0.05, 0.1) is 34.2 Å². The van der Waals surface area contributed by atoms with Crippen LogP contribution in [-0.4, -0.2) is 37.5 Å². The number of nitrogens with zero attached hydrogens (tertiary/aromatic N) is 5. The van der Waals surface area contributed by atoms with Crippen molar-refractivity contribution in [1.82, 2.24) is 20.0 Å². The highest BCUT2D eigenvalue weighted by Gasteiger charge is 2.37. The van der Waals surface area contributed by atoms with Crippen LogP contribution in [0.3, 0.4) is 0 Å². The molecule has 30 heavy (non-hydrogen) atoms. The summed E-state index contributed by atoms with van der Waals surface area (Å²) in [5, 5.41) is 8.45. The highest BCUT2D eigenvalue weighted by atomic mass is 79.9. The van der Waals surface area contributed by atoms with Crippen LogP contribution >= 0.6 is 27.3 Å². The van der Waals surface area contributed by atoms with Crippen LogP contribution in [0.1, 0.15) is 25.9 Å². The Kier molecular flexibility index (Phi) is 4.52. The molecule has 1 aliphatic rings. The third kappa shape index (κ3) is 3.14. The highest BCUT2D eigenvalue weighted by molar-refractivity contribution is 9.10. The molecule has 2 aromatic carbocycles. The molecule has 4 aromatic rings. The molecular weight excluding hydrogens is 470 g/mol. The molecule has 0 aliphatic carbocycles. The third-order valence-corrected chi connectivity index (χ3v) is 6.43. The van der Waals surface area contributed by atoms with Crippen molar-refractivity contribution in [3.63, 3.8) is 0 Å². The highest BCUT2D eigenvalue weighted by Crippen LogP contribution is 2.35. The number of carbonyl (C=O) groups excluding carboxylic acids is 3. The molecule has 0 spiro atoms. The van der Waals surface area contributed by atoms with Crippen LogP contribution in [0.4, 0.5) is 5.69 Å². The topological polar surface area (TPSA) is 98.1 Å². The molecule has 8 nitrogen and oxygen atoms in total. The largest absolute Gasteiger partial charge is 0.299 e. The molecule has 0 fully saturated rings. The Morgan fingerprint density at radius 2 is 1.93 bits per heavy atom.